The largest absolute Gasteiger partial charge is 0.229 e. The molecule has 0 bridgehead atoms. The van der Waals surface area contributed by atoms with Gasteiger partial charge in [-0.2, -0.15) is 0 Å². The molecule has 0 unspecified atom stereocenters. The molecule has 0 N–H and O–H groups in total. The fourth-order valence-electron chi connectivity index (χ4n) is 0. The monoisotopic (exact) mass is 88.1 g/mol. The average molecular weight is 87.9 g/mol. The van der Waals surface area contributed by atoms with E-state index in [0.717, 1.165) is 0 Å². The fraction of sp³-hybridized carbons (Fsp3) is 1.00. The van der Waals surface area contributed by atoms with Crippen molar-refractivity contribution in [2.45, 2.75) is 6.82 Å². The maximum absolute atomic E-state index is 2.27. The second kappa shape index (κ2) is 2.72. The molecule has 2 radical (unpaired) electrons. The summed E-state index contributed by atoms with van der Waals surface area (Å²) in [4.78, 5) is 0. The SMILES string of the molecule is C[B-][PH+](C)C. The van der Waals surface area contributed by atoms with Gasteiger partial charge in [0.25, 0.3) is 0 Å². The Morgan fingerprint density at radius 1 is 1.40 bits per heavy atom. The molecule has 0 aliphatic heterocycles. The molecule has 0 amide bonds. The van der Waals surface area contributed by atoms with Crippen molar-refractivity contribution in [1.29, 1.82) is 0 Å². The van der Waals surface area contributed by atoms with Crippen LogP contribution in [0.4, 0.5) is 0 Å². The summed E-state index contributed by atoms with van der Waals surface area (Å²) in [7, 11) is 0.00103. The molecular weight excluding hydrogens is 77.8 g/mol. The zero-order chi connectivity index (χ0) is 4.28. The molecule has 0 rings (SSSR count). The Labute approximate surface area is 35.9 Å². The molecule has 0 aromatic heterocycles. The van der Waals surface area contributed by atoms with E-state index in [0.29, 0.717) is 0 Å². The minimum atomic E-state index is 0.00103. The Bertz CT molecular complexity index is 20.9. The van der Waals surface area contributed by atoms with Gasteiger partial charge in [-0.25, -0.2) is 14.6 Å². The highest BCUT2D eigenvalue weighted by atomic mass is 31.1. The van der Waals surface area contributed by atoms with Crippen LogP contribution in [-0.2, 0) is 0 Å². The highest BCUT2D eigenvalue weighted by molar-refractivity contribution is 7.84. The van der Waals surface area contributed by atoms with Gasteiger partial charge in [0.2, 0.25) is 0 Å². The maximum atomic E-state index is 2.27. The third-order valence-corrected chi connectivity index (χ3v) is 1.73. The van der Waals surface area contributed by atoms with Crippen LogP contribution in [0.5, 0.6) is 0 Å². The molecule has 0 fully saturated rings. The molecule has 5 heavy (non-hydrogen) atoms. The van der Waals surface area contributed by atoms with Gasteiger partial charge in [0.1, 0.15) is 0 Å². The van der Waals surface area contributed by atoms with Crippen molar-refractivity contribution >= 4 is 14.8 Å². The van der Waals surface area contributed by atoms with Crippen LogP contribution in [0.15, 0.2) is 0 Å². The summed E-state index contributed by atoms with van der Waals surface area (Å²) in [5.74, 6) is 0. The van der Waals surface area contributed by atoms with Gasteiger partial charge in [-0.05, 0) is 0 Å². The summed E-state index contributed by atoms with van der Waals surface area (Å²) < 4.78 is 0. The highest BCUT2D eigenvalue weighted by Gasteiger charge is 1.72. The predicted molar refractivity (Wildman–Crippen MR) is 31.8 cm³/mol. The molecule has 0 aromatic rings. The van der Waals surface area contributed by atoms with E-state index in [-0.39, 0.29) is 7.80 Å². The van der Waals surface area contributed by atoms with Crippen molar-refractivity contribution in [1.82, 2.24) is 0 Å². The Morgan fingerprint density at radius 3 is 1.60 bits per heavy atom. The first kappa shape index (κ1) is 5.49. The highest BCUT2D eigenvalue weighted by Crippen LogP contribution is 2.19. The zero-order valence-corrected chi connectivity index (χ0v) is 5.08. The lowest BCUT2D eigenvalue weighted by Gasteiger charge is -1.98. The summed E-state index contributed by atoms with van der Waals surface area (Å²) in [6.45, 7) is 8.92. The molecule has 0 saturated heterocycles. The van der Waals surface area contributed by atoms with Crippen molar-refractivity contribution in [3.05, 3.63) is 0 Å². The van der Waals surface area contributed by atoms with E-state index >= 15 is 0 Å². The van der Waals surface area contributed by atoms with Crippen molar-refractivity contribution in [2.24, 2.45) is 0 Å². The van der Waals surface area contributed by atoms with Crippen LogP contribution in [-0.4, -0.2) is 20.3 Å². The first-order valence-corrected chi connectivity index (χ1v) is 4.44. The minimum absolute atomic E-state index is 0.00103. The van der Waals surface area contributed by atoms with Gasteiger partial charge in [-0.15, -0.1) is 0 Å². The van der Waals surface area contributed by atoms with Crippen LogP contribution in [0.25, 0.3) is 0 Å². The lowest BCUT2D eigenvalue weighted by molar-refractivity contribution is 2.24. The van der Waals surface area contributed by atoms with E-state index in [1.165, 1.54) is 0 Å². The van der Waals surface area contributed by atoms with Crippen LogP contribution in [0.1, 0.15) is 0 Å². The second-order valence-corrected chi connectivity index (χ2v) is 4.10. The first-order valence-electron chi connectivity index (χ1n) is 1.87. The standard InChI is InChI=1S/C3H10BP/c1-4-5(2)3/h5H,1-3H3. The van der Waals surface area contributed by atoms with Crippen LogP contribution in [0, 0.1) is 0 Å². The van der Waals surface area contributed by atoms with Gasteiger partial charge >= 0.3 is 0 Å². The van der Waals surface area contributed by atoms with Gasteiger partial charge in [-0.1, -0.05) is 7.00 Å². The molecule has 2 heteroatoms. The van der Waals surface area contributed by atoms with Crippen LogP contribution in [0.3, 0.4) is 0 Å². The molecule has 30 valence electrons. The van der Waals surface area contributed by atoms with Gasteiger partial charge in [0.15, 0.2) is 0 Å². The van der Waals surface area contributed by atoms with E-state index in [4.69, 9.17) is 0 Å². The summed E-state index contributed by atoms with van der Waals surface area (Å²) in [5.41, 5.74) is 0. The van der Waals surface area contributed by atoms with Crippen molar-refractivity contribution in [3.63, 3.8) is 0 Å². The van der Waals surface area contributed by atoms with Crippen molar-refractivity contribution in [2.75, 3.05) is 13.3 Å². The smallest absolute Gasteiger partial charge is 0.00144 e. The van der Waals surface area contributed by atoms with E-state index in [2.05, 4.69) is 27.2 Å². The number of hydrogen-bond acceptors (Lipinski definition) is 0. The fourth-order valence-corrected chi connectivity index (χ4v) is 0. The molecule has 0 spiro atoms. The normalized spacial score (nSPS) is 9.60. The molecule has 0 nitrogen and oxygen atoms in total. The first-order chi connectivity index (χ1) is 2.27. The molecular formula is C3H10BP. The van der Waals surface area contributed by atoms with Gasteiger partial charge in [-0.3, -0.25) is 0 Å². The molecule has 0 aliphatic rings. The van der Waals surface area contributed by atoms with Gasteiger partial charge in [0, 0.05) is 13.3 Å². The summed E-state index contributed by atoms with van der Waals surface area (Å²) in [5, 5.41) is 0. The Kier molecular flexibility index (Phi) is 2.99. The summed E-state index contributed by atoms with van der Waals surface area (Å²) >= 11 is 0. The van der Waals surface area contributed by atoms with E-state index in [1.807, 2.05) is 0 Å². The molecule has 0 aliphatic carbocycles. The predicted octanol–water partition coefficient (Wildman–Crippen LogP) is 1.13. The zero-order valence-electron chi connectivity index (χ0n) is 4.08. The maximum Gasteiger partial charge on any atom is 0.00144 e. The van der Waals surface area contributed by atoms with Gasteiger partial charge < -0.3 is 0 Å². The van der Waals surface area contributed by atoms with E-state index in [1.54, 1.807) is 0 Å². The van der Waals surface area contributed by atoms with Gasteiger partial charge in [0.05, 0.1) is 0 Å². The molecule has 0 heterocycles. The third kappa shape index (κ3) is 4.49. The third-order valence-electron chi connectivity index (χ3n) is 0.577. The number of hydrogen-bond donors (Lipinski definition) is 0. The summed E-state index contributed by atoms with van der Waals surface area (Å²) in [6.07, 6.45) is 0. The molecule has 0 atom stereocenters. The quantitative estimate of drug-likeness (QED) is 0.333. The lowest BCUT2D eigenvalue weighted by Crippen LogP contribution is -1.71. The molecule has 0 aromatic carbocycles. The van der Waals surface area contributed by atoms with Crippen molar-refractivity contribution < 1.29 is 0 Å². The van der Waals surface area contributed by atoms with Crippen LogP contribution >= 0.6 is 7.80 Å². The molecule has 0 saturated carbocycles. The Hall–Kier alpha value is 0.495. The van der Waals surface area contributed by atoms with Crippen LogP contribution < -0.4 is 0 Å². The number of rotatable bonds is 1. The van der Waals surface area contributed by atoms with Crippen molar-refractivity contribution in [3.8, 4) is 0 Å². The minimum Gasteiger partial charge on any atom is -0.229 e. The van der Waals surface area contributed by atoms with Crippen LogP contribution in [0.2, 0.25) is 6.82 Å². The van der Waals surface area contributed by atoms with E-state index < -0.39 is 0 Å². The Balaban J connectivity index is 2.54. The topological polar surface area (TPSA) is 0 Å². The summed E-state index contributed by atoms with van der Waals surface area (Å²) in [6, 6.07) is 0. The average Bonchev–Trinajstić information content (AvgIpc) is 1.38. The van der Waals surface area contributed by atoms with E-state index in [9.17, 15) is 0 Å². The lowest BCUT2D eigenvalue weighted by atomic mass is 10.2. The Morgan fingerprint density at radius 2 is 1.60 bits per heavy atom. The second-order valence-electron chi connectivity index (χ2n) is 1.37.